The Morgan fingerprint density at radius 3 is 2.56 bits per heavy atom. The Morgan fingerprint density at radius 2 is 2.06 bits per heavy atom. The first kappa shape index (κ1) is 12.3. The Kier molecular flexibility index (Phi) is 4.61. The summed E-state index contributed by atoms with van der Waals surface area (Å²) in [6, 6.07) is -0.344. The van der Waals surface area contributed by atoms with Crippen molar-refractivity contribution in [3.63, 3.8) is 0 Å². The molecule has 1 rings (SSSR count). The fourth-order valence-electron chi connectivity index (χ4n) is 1.42. The molecule has 0 aromatic rings. The minimum atomic E-state index is -1.07. The third kappa shape index (κ3) is 3.44. The molecule has 1 N–H and O–H groups in total. The number of terminal acetylenes is 1. The number of amides is 2. The minimum absolute atomic E-state index is 0.00247. The maximum atomic E-state index is 11.9. The first-order valence-electron chi connectivity index (χ1n) is 4.92. The molecule has 0 aromatic carbocycles. The summed E-state index contributed by atoms with van der Waals surface area (Å²) in [5, 5.41) is 8.65. The van der Waals surface area contributed by atoms with E-state index in [1.165, 1.54) is 0 Å². The zero-order valence-electron chi connectivity index (χ0n) is 8.89. The number of carboxylic acid groups (broad SMARTS) is 1. The van der Waals surface area contributed by atoms with Crippen LogP contribution in [0.5, 0.6) is 0 Å². The van der Waals surface area contributed by atoms with Gasteiger partial charge in [0.25, 0.3) is 0 Å². The zero-order valence-corrected chi connectivity index (χ0v) is 8.89. The molecule has 0 aliphatic carbocycles. The van der Waals surface area contributed by atoms with E-state index in [1.807, 2.05) is 0 Å². The van der Waals surface area contributed by atoms with E-state index in [-0.39, 0.29) is 19.1 Å². The van der Waals surface area contributed by atoms with E-state index in [0.29, 0.717) is 26.3 Å². The van der Waals surface area contributed by atoms with E-state index in [9.17, 15) is 9.59 Å². The SMILES string of the molecule is C#CCN(CC(=O)O)C(=O)N1CCOCC1. The van der Waals surface area contributed by atoms with Crippen LogP contribution in [0, 0.1) is 12.3 Å². The van der Waals surface area contributed by atoms with Crippen molar-refractivity contribution in [2.24, 2.45) is 0 Å². The predicted molar refractivity (Wildman–Crippen MR) is 55.8 cm³/mol. The van der Waals surface area contributed by atoms with Crippen LogP contribution in [-0.4, -0.2) is 66.3 Å². The van der Waals surface area contributed by atoms with Crippen LogP contribution in [0.1, 0.15) is 0 Å². The third-order valence-corrected chi connectivity index (χ3v) is 2.16. The highest BCUT2D eigenvalue weighted by molar-refractivity contribution is 5.80. The van der Waals surface area contributed by atoms with Crippen molar-refractivity contribution in [2.45, 2.75) is 0 Å². The number of hydrogen-bond acceptors (Lipinski definition) is 3. The van der Waals surface area contributed by atoms with Gasteiger partial charge in [0.2, 0.25) is 0 Å². The quantitative estimate of drug-likeness (QED) is 0.656. The van der Waals surface area contributed by atoms with E-state index in [1.54, 1.807) is 4.90 Å². The molecule has 16 heavy (non-hydrogen) atoms. The molecule has 88 valence electrons. The van der Waals surface area contributed by atoms with Crippen LogP contribution >= 0.6 is 0 Å². The third-order valence-electron chi connectivity index (χ3n) is 2.16. The predicted octanol–water partition coefficient (Wildman–Crippen LogP) is -0.542. The van der Waals surface area contributed by atoms with Crippen LogP contribution < -0.4 is 0 Å². The second-order valence-electron chi connectivity index (χ2n) is 3.34. The second kappa shape index (κ2) is 5.98. The van der Waals surface area contributed by atoms with Crippen LogP contribution in [0.4, 0.5) is 4.79 Å². The van der Waals surface area contributed by atoms with Crippen LogP contribution in [0.3, 0.4) is 0 Å². The van der Waals surface area contributed by atoms with Crippen molar-refractivity contribution >= 4 is 12.0 Å². The van der Waals surface area contributed by atoms with Crippen molar-refractivity contribution in [3.8, 4) is 12.3 Å². The molecule has 1 saturated heterocycles. The summed E-state index contributed by atoms with van der Waals surface area (Å²) in [5.41, 5.74) is 0. The van der Waals surface area contributed by atoms with Crippen LogP contribution in [0.25, 0.3) is 0 Å². The van der Waals surface area contributed by atoms with Crippen molar-refractivity contribution < 1.29 is 19.4 Å². The first-order valence-corrected chi connectivity index (χ1v) is 4.92. The molecule has 1 heterocycles. The van der Waals surface area contributed by atoms with Gasteiger partial charge in [0.05, 0.1) is 19.8 Å². The summed E-state index contributed by atoms with van der Waals surface area (Å²) >= 11 is 0. The van der Waals surface area contributed by atoms with Gasteiger partial charge in [-0.05, 0) is 0 Å². The Balaban J connectivity index is 2.58. The van der Waals surface area contributed by atoms with Gasteiger partial charge in [0, 0.05) is 13.1 Å². The summed E-state index contributed by atoms with van der Waals surface area (Å²) in [4.78, 5) is 25.1. The Hall–Kier alpha value is -1.74. The number of ether oxygens (including phenoxy) is 1. The number of rotatable bonds is 3. The molecular formula is C10H14N2O4. The summed E-state index contributed by atoms with van der Waals surface area (Å²) < 4.78 is 5.10. The standard InChI is InChI=1S/C10H14N2O4/c1-2-3-12(8-9(13)14)10(15)11-4-6-16-7-5-11/h1H,3-8H2,(H,13,14). The largest absolute Gasteiger partial charge is 0.480 e. The van der Waals surface area contributed by atoms with E-state index >= 15 is 0 Å². The molecule has 0 aromatic heterocycles. The molecule has 0 atom stereocenters. The lowest BCUT2D eigenvalue weighted by Gasteiger charge is -2.31. The molecule has 0 saturated carbocycles. The molecular weight excluding hydrogens is 212 g/mol. The summed E-state index contributed by atoms with van der Waals surface area (Å²) in [6.45, 7) is 1.52. The minimum Gasteiger partial charge on any atom is -0.480 e. The fourth-order valence-corrected chi connectivity index (χ4v) is 1.42. The molecule has 1 aliphatic rings. The number of carbonyl (C=O) groups is 2. The zero-order chi connectivity index (χ0) is 12.0. The monoisotopic (exact) mass is 226 g/mol. The molecule has 0 unspecified atom stereocenters. The maximum Gasteiger partial charge on any atom is 0.323 e. The molecule has 6 heteroatoms. The highest BCUT2D eigenvalue weighted by atomic mass is 16.5. The van der Waals surface area contributed by atoms with Gasteiger partial charge >= 0.3 is 12.0 Å². The Bertz CT molecular complexity index is 304. The maximum absolute atomic E-state index is 11.9. The molecule has 0 spiro atoms. The molecule has 6 nitrogen and oxygen atoms in total. The van der Waals surface area contributed by atoms with Crippen molar-refractivity contribution in [3.05, 3.63) is 0 Å². The van der Waals surface area contributed by atoms with Gasteiger partial charge in [0.1, 0.15) is 6.54 Å². The van der Waals surface area contributed by atoms with E-state index < -0.39 is 5.97 Å². The highest BCUT2D eigenvalue weighted by Gasteiger charge is 2.23. The lowest BCUT2D eigenvalue weighted by Crippen LogP contribution is -2.49. The lowest BCUT2D eigenvalue weighted by molar-refractivity contribution is -0.137. The van der Waals surface area contributed by atoms with Crippen molar-refractivity contribution in [1.29, 1.82) is 0 Å². The number of hydrogen-bond donors (Lipinski definition) is 1. The van der Waals surface area contributed by atoms with Gasteiger partial charge in [-0.1, -0.05) is 5.92 Å². The summed E-state index contributed by atoms with van der Waals surface area (Å²) in [6.07, 6.45) is 5.09. The fraction of sp³-hybridized carbons (Fsp3) is 0.600. The average molecular weight is 226 g/mol. The molecule has 0 radical (unpaired) electrons. The lowest BCUT2D eigenvalue weighted by atomic mass is 10.4. The molecule has 2 amide bonds. The smallest absolute Gasteiger partial charge is 0.323 e. The van der Waals surface area contributed by atoms with Crippen molar-refractivity contribution in [1.82, 2.24) is 9.80 Å². The Labute approximate surface area is 93.8 Å². The number of morpholine rings is 1. The first-order chi connectivity index (χ1) is 7.65. The molecule has 1 fully saturated rings. The molecule has 1 aliphatic heterocycles. The van der Waals surface area contributed by atoms with Crippen LogP contribution in [0.2, 0.25) is 0 Å². The van der Waals surface area contributed by atoms with E-state index in [0.717, 1.165) is 4.90 Å². The van der Waals surface area contributed by atoms with Gasteiger partial charge < -0.3 is 19.6 Å². The van der Waals surface area contributed by atoms with Gasteiger partial charge in [0.15, 0.2) is 0 Å². The normalized spacial score (nSPS) is 15.3. The average Bonchev–Trinajstić information content (AvgIpc) is 2.28. The van der Waals surface area contributed by atoms with Gasteiger partial charge in [-0.25, -0.2) is 4.79 Å². The van der Waals surface area contributed by atoms with Gasteiger partial charge in [-0.3, -0.25) is 4.79 Å². The topological polar surface area (TPSA) is 70.1 Å². The number of urea groups is 1. The molecule has 0 bridgehead atoms. The Morgan fingerprint density at radius 1 is 1.44 bits per heavy atom. The summed E-state index contributed by atoms with van der Waals surface area (Å²) in [5.74, 6) is 1.20. The van der Waals surface area contributed by atoms with E-state index in [2.05, 4.69) is 5.92 Å². The second-order valence-corrected chi connectivity index (χ2v) is 3.34. The summed E-state index contributed by atoms with van der Waals surface area (Å²) in [7, 11) is 0. The van der Waals surface area contributed by atoms with E-state index in [4.69, 9.17) is 16.3 Å². The highest BCUT2D eigenvalue weighted by Crippen LogP contribution is 2.03. The number of carboxylic acids is 1. The number of carbonyl (C=O) groups excluding carboxylic acids is 1. The van der Waals surface area contributed by atoms with Crippen LogP contribution in [0.15, 0.2) is 0 Å². The van der Waals surface area contributed by atoms with Gasteiger partial charge in [-0.15, -0.1) is 6.42 Å². The van der Waals surface area contributed by atoms with Crippen LogP contribution in [-0.2, 0) is 9.53 Å². The number of nitrogens with zero attached hydrogens (tertiary/aromatic N) is 2. The van der Waals surface area contributed by atoms with Gasteiger partial charge in [-0.2, -0.15) is 0 Å². The van der Waals surface area contributed by atoms with Crippen molar-refractivity contribution in [2.75, 3.05) is 39.4 Å². The number of aliphatic carboxylic acids is 1.